The lowest BCUT2D eigenvalue weighted by Crippen LogP contribution is -2.21. The maximum absolute atomic E-state index is 15.8. The van der Waals surface area contributed by atoms with Gasteiger partial charge in [0.15, 0.2) is 11.6 Å². The third-order valence-electron chi connectivity index (χ3n) is 6.66. The molecule has 11 nitrogen and oxygen atoms in total. The fourth-order valence-electron chi connectivity index (χ4n) is 4.31. The Balaban J connectivity index is 0.000000424. The third kappa shape index (κ3) is 10.5. The van der Waals surface area contributed by atoms with E-state index in [1.54, 1.807) is 30.5 Å². The first kappa shape index (κ1) is 39.4. The molecule has 0 aliphatic rings. The Bertz CT molecular complexity index is 1960. The van der Waals surface area contributed by atoms with E-state index in [0.29, 0.717) is 41.6 Å². The number of aromatic amines is 1. The van der Waals surface area contributed by atoms with Gasteiger partial charge in [0.05, 0.1) is 24.1 Å². The van der Waals surface area contributed by atoms with Crippen molar-refractivity contribution in [3.05, 3.63) is 95.8 Å². The van der Waals surface area contributed by atoms with Gasteiger partial charge in [-0.05, 0) is 66.8 Å². The average molecular weight is 729 g/mol. The minimum absolute atomic E-state index is 0.172. The zero-order valence-corrected chi connectivity index (χ0v) is 26.4. The smallest absolute Gasteiger partial charge is 0.490 e. The minimum Gasteiger partial charge on any atom is -0.491 e. The van der Waals surface area contributed by atoms with Crippen LogP contribution >= 0.6 is 0 Å². The molecule has 272 valence electrons. The van der Waals surface area contributed by atoms with Crippen LogP contribution in [0.1, 0.15) is 36.8 Å². The van der Waals surface area contributed by atoms with Gasteiger partial charge in [-0.3, -0.25) is 0 Å². The number of nitrogens with zero attached hydrogens (tertiary/aromatic N) is 3. The number of aryl methyl sites for hydroxylation is 1. The largest absolute Gasteiger partial charge is 0.491 e. The van der Waals surface area contributed by atoms with E-state index in [0.717, 1.165) is 16.3 Å². The van der Waals surface area contributed by atoms with E-state index in [9.17, 15) is 30.7 Å². The van der Waals surface area contributed by atoms with Gasteiger partial charge in [0.2, 0.25) is 5.95 Å². The number of anilines is 2. The molecule has 0 radical (unpaired) electrons. The molecule has 0 spiro atoms. The van der Waals surface area contributed by atoms with E-state index < -0.39 is 42.1 Å². The summed E-state index contributed by atoms with van der Waals surface area (Å²) in [6, 6.07) is 13.5. The Morgan fingerprint density at radius 2 is 1.57 bits per heavy atom. The first-order valence-electron chi connectivity index (χ1n) is 14.5. The molecule has 51 heavy (non-hydrogen) atoms. The van der Waals surface area contributed by atoms with Crippen LogP contribution in [0.3, 0.4) is 0 Å². The number of hydrogen-bond donors (Lipinski definition) is 5. The predicted molar refractivity (Wildman–Crippen MR) is 168 cm³/mol. The quantitative estimate of drug-likeness (QED) is 0.0805. The number of nitrogen functional groups attached to an aromatic ring is 1. The molecule has 1 atom stereocenters. The Morgan fingerprint density at radius 3 is 2.14 bits per heavy atom. The van der Waals surface area contributed by atoms with E-state index in [1.807, 2.05) is 38.1 Å². The zero-order chi connectivity index (χ0) is 38.1. The van der Waals surface area contributed by atoms with Gasteiger partial charge in [-0.1, -0.05) is 13.0 Å². The Hall–Kier alpha value is -6.01. The summed E-state index contributed by atoms with van der Waals surface area (Å²) in [6.45, 7) is 4.13. The van der Waals surface area contributed by atoms with Crippen LogP contribution in [0, 0.1) is 11.8 Å². The molecule has 0 amide bonds. The zero-order valence-electron chi connectivity index (χ0n) is 26.4. The van der Waals surface area contributed by atoms with Crippen LogP contribution in [0.25, 0.3) is 22.0 Å². The van der Waals surface area contributed by atoms with Gasteiger partial charge >= 0.3 is 24.3 Å². The summed E-state index contributed by atoms with van der Waals surface area (Å²) in [6.07, 6.45) is -4.95. The van der Waals surface area contributed by atoms with Crippen LogP contribution in [0.4, 0.5) is 46.6 Å². The van der Waals surface area contributed by atoms with Gasteiger partial charge in [0, 0.05) is 29.0 Å². The fraction of sp³-hybridized carbons (Fsp3) is 0.219. The second kappa shape index (κ2) is 16.6. The van der Waals surface area contributed by atoms with Crippen molar-refractivity contribution in [2.45, 2.75) is 38.7 Å². The Labute approximate surface area is 283 Å². The molecule has 6 N–H and O–H groups in total. The lowest BCUT2D eigenvalue weighted by atomic mass is 9.99. The summed E-state index contributed by atoms with van der Waals surface area (Å²) in [5.41, 5.74) is 8.69. The number of halogens is 8. The lowest BCUT2D eigenvalue weighted by Gasteiger charge is -2.22. The van der Waals surface area contributed by atoms with Crippen LogP contribution in [0.15, 0.2) is 67.1 Å². The molecule has 0 saturated carbocycles. The normalized spacial score (nSPS) is 11.8. The SMILES string of the molecule is CCOc1cc(CC)cc(C(Nc2ccc3c(N)nccc3c2)c2ncc(-c3cccnc3F)[nH]2)c1F.O=C(O)C(F)(F)F.O=C(O)C(F)(F)F. The van der Waals surface area contributed by atoms with Gasteiger partial charge in [0.25, 0.3) is 0 Å². The number of carbonyl (C=O) groups is 2. The first-order valence-corrected chi connectivity index (χ1v) is 14.5. The number of aromatic nitrogens is 4. The molecule has 0 aliphatic heterocycles. The van der Waals surface area contributed by atoms with Crippen molar-refractivity contribution >= 4 is 34.2 Å². The standard InChI is InChI=1S/C28H26F2N6O.2C2HF3O2/c1-3-16-12-21(24(29)23(13-16)37-4-2)25(28-34-15-22(36-28)20-6-5-10-32-26(20)30)35-18-7-8-19-17(14-18)9-11-33-27(19)31;2*3-2(4,5)1(6)7/h5-15,25,35H,3-4H2,1-2H3,(H2,31,33)(H,34,36);2*(H,6,7). The Morgan fingerprint density at radius 1 is 0.922 bits per heavy atom. The number of H-pyrrole nitrogens is 1. The number of nitrogens with two attached hydrogens (primary N) is 1. The molecular formula is C32H28F8N6O5. The first-order chi connectivity index (χ1) is 23.9. The summed E-state index contributed by atoms with van der Waals surface area (Å²) in [5, 5.41) is 19.3. The number of fused-ring (bicyclic) bond motifs is 1. The van der Waals surface area contributed by atoms with E-state index in [-0.39, 0.29) is 11.3 Å². The number of carboxylic acid groups (broad SMARTS) is 2. The van der Waals surface area contributed by atoms with E-state index in [1.165, 1.54) is 12.4 Å². The molecule has 2 aromatic carbocycles. The molecule has 5 aromatic rings. The van der Waals surface area contributed by atoms with Crippen molar-refractivity contribution in [2.75, 3.05) is 17.7 Å². The van der Waals surface area contributed by atoms with Crippen molar-refractivity contribution in [2.24, 2.45) is 0 Å². The summed E-state index contributed by atoms with van der Waals surface area (Å²) in [4.78, 5) is 33.3. The number of hydrogen-bond acceptors (Lipinski definition) is 8. The molecule has 1 unspecified atom stereocenters. The highest BCUT2D eigenvalue weighted by molar-refractivity contribution is 5.93. The number of ether oxygens (including phenoxy) is 1. The molecule has 0 bridgehead atoms. The lowest BCUT2D eigenvalue weighted by molar-refractivity contribution is -0.193. The van der Waals surface area contributed by atoms with E-state index >= 15 is 4.39 Å². The van der Waals surface area contributed by atoms with Gasteiger partial charge < -0.3 is 31.0 Å². The number of nitrogens with one attached hydrogen (secondary N) is 2. The third-order valence-corrected chi connectivity index (χ3v) is 6.66. The summed E-state index contributed by atoms with van der Waals surface area (Å²) < 4.78 is 99.3. The van der Waals surface area contributed by atoms with Crippen LogP contribution in [0.2, 0.25) is 0 Å². The van der Waals surface area contributed by atoms with Gasteiger partial charge in [-0.25, -0.2) is 28.9 Å². The highest BCUT2D eigenvalue weighted by atomic mass is 19.4. The minimum atomic E-state index is -5.08. The molecule has 0 aliphatic carbocycles. The van der Waals surface area contributed by atoms with Crippen LogP contribution in [-0.2, 0) is 16.0 Å². The van der Waals surface area contributed by atoms with Crippen LogP contribution < -0.4 is 15.8 Å². The van der Waals surface area contributed by atoms with Gasteiger partial charge in [-0.2, -0.15) is 30.7 Å². The topological polar surface area (TPSA) is 176 Å². The molecule has 19 heteroatoms. The van der Waals surface area contributed by atoms with E-state index in [4.69, 9.17) is 30.3 Å². The van der Waals surface area contributed by atoms with Crippen molar-refractivity contribution in [1.29, 1.82) is 0 Å². The second-order valence-corrected chi connectivity index (χ2v) is 10.1. The fourth-order valence-corrected chi connectivity index (χ4v) is 4.31. The van der Waals surface area contributed by atoms with Gasteiger partial charge in [0.1, 0.15) is 17.7 Å². The van der Waals surface area contributed by atoms with E-state index in [2.05, 4.69) is 25.3 Å². The number of aliphatic carboxylic acids is 2. The number of benzene rings is 2. The Kier molecular flexibility index (Phi) is 12.8. The maximum atomic E-state index is 15.8. The molecule has 3 aromatic heterocycles. The highest BCUT2D eigenvalue weighted by Crippen LogP contribution is 2.35. The predicted octanol–water partition coefficient (Wildman–Crippen LogP) is 7.31. The summed E-state index contributed by atoms with van der Waals surface area (Å²) in [5.74, 6) is -5.62. The van der Waals surface area contributed by atoms with Crippen LogP contribution in [-0.4, -0.2) is 61.0 Å². The molecule has 5 rings (SSSR count). The second-order valence-electron chi connectivity index (χ2n) is 10.1. The number of carboxylic acids is 2. The maximum Gasteiger partial charge on any atom is 0.490 e. The van der Waals surface area contributed by atoms with Crippen molar-refractivity contribution in [3.8, 4) is 17.0 Å². The molecule has 3 heterocycles. The summed E-state index contributed by atoms with van der Waals surface area (Å²) >= 11 is 0. The number of rotatable bonds is 8. The van der Waals surface area contributed by atoms with Gasteiger partial charge in [-0.15, -0.1) is 0 Å². The van der Waals surface area contributed by atoms with Crippen molar-refractivity contribution in [3.63, 3.8) is 0 Å². The van der Waals surface area contributed by atoms with Crippen molar-refractivity contribution in [1.82, 2.24) is 19.9 Å². The van der Waals surface area contributed by atoms with Crippen LogP contribution in [0.5, 0.6) is 5.75 Å². The number of imidazole rings is 1. The summed E-state index contributed by atoms with van der Waals surface area (Å²) in [7, 11) is 0. The average Bonchev–Trinajstić information content (AvgIpc) is 3.54. The number of pyridine rings is 2. The van der Waals surface area contributed by atoms with Crippen molar-refractivity contribution < 1.29 is 59.7 Å². The molecule has 0 saturated heterocycles. The number of alkyl halides is 6. The highest BCUT2D eigenvalue weighted by Gasteiger charge is 2.39. The molecule has 0 fully saturated rings. The monoisotopic (exact) mass is 728 g/mol. The molecular weight excluding hydrogens is 700 g/mol.